The third-order valence-corrected chi connectivity index (χ3v) is 6.27. The van der Waals surface area contributed by atoms with Crippen LogP contribution in [0.4, 0.5) is 0 Å². The molecule has 0 N–H and O–H groups in total. The lowest BCUT2D eigenvalue weighted by Gasteiger charge is -2.28. The molecule has 9 nitrogen and oxygen atoms in total. The van der Waals surface area contributed by atoms with Crippen LogP contribution in [-0.4, -0.2) is 66.4 Å². The molecular weight excluding hydrogens is 454 g/mol. The van der Waals surface area contributed by atoms with Crippen LogP contribution in [0, 0.1) is 5.41 Å². The van der Waals surface area contributed by atoms with Crippen molar-refractivity contribution in [1.29, 1.82) is 0 Å². The minimum atomic E-state index is -0.742. The number of hydrogen-bond acceptors (Lipinski definition) is 8. The average molecular weight is 498 g/mol. The number of amides is 1. The molecule has 0 aromatic heterocycles. The van der Waals surface area contributed by atoms with Gasteiger partial charge >= 0.3 is 17.9 Å². The Labute approximate surface area is 209 Å². The van der Waals surface area contributed by atoms with Crippen LogP contribution in [0.2, 0.25) is 0 Å². The Bertz CT molecular complexity index is 733. The number of nitrogens with zero attached hydrogens (tertiary/aromatic N) is 1. The molecule has 200 valence electrons. The second-order valence-electron chi connectivity index (χ2n) is 9.93. The summed E-state index contributed by atoms with van der Waals surface area (Å²) >= 11 is 0. The highest BCUT2D eigenvalue weighted by molar-refractivity contribution is 5.94. The Balaban J connectivity index is 2.40. The van der Waals surface area contributed by atoms with Crippen molar-refractivity contribution in [2.75, 3.05) is 19.8 Å². The highest BCUT2D eigenvalue weighted by Gasteiger charge is 2.30. The molecule has 2 atom stereocenters. The molecule has 0 aliphatic carbocycles. The third-order valence-electron chi connectivity index (χ3n) is 6.27. The lowest BCUT2D eigenvalue weighted by Crippen LogP contribution is -2.35. The number of carbonyl (C=O) groups is 5. The molecule has 1 fully saturated rings. The summed E-state index contributed by atoms with van der Waals surface area (Å²) < 4.78 is 15.6. The van der Waals surface area contributed by atoms with Crippen molar-refractivity contribution in [2.45, 2.75) is 111 Å². The molecule has 0 saturated carbocycles. The molecule has 1 aliphatic heterocycles. The van der Waals surface area contributed by atoms with Crippen molar-refractivity contribution in [3.05, 3.63) is 0 Å². The van der Waals surface area contributed by atoms with E-state index in [1.807, 2.05) is 4.90 Å². The largest absolute Gasteiger partial charge is 0.463 e. The zero-order chi connectivity index (χ0) is 26.4. The van der Waals surface area contributed by atoms with E-state index in [9.17, 15) is 24.0 Å². The van der Waals surface area contributed by atoms with Crippen LogP contribution in [0.1, 0.15) is 98.8 Å². The molecule has 1 saturated heterocycles. The lowest BCUT2D eigenvalue weighted by atomic mass is 9.86. The predicted molar refractivity (Wildman–Crippen MR) is 129 cm³/mol. The summed E-state index contributed by atoms with van der Waals surface area (Å²) in [5.74, 6) is -1.41. The number of carbonyl (C=O) groups excluding carboxylic acids is 5. The molecule has 2 unspecified atom stereocenters. The summed E-state index contributed by atoms with van der Waals surface area (Å²) in [6.45, 7) is 9.04. The number of Topliss-reactive ketones (excluding diaryl/α,β-unsaturated/α-hetero) is 1. The maximum absolute atomic E-state index is 12.4. The van der Waals surface area contributed by atoms with E-state index in [-0.39, 0.29) is 49.4 Å². The van der Waals surface area contributed by atoms with Crippen LogP contribution in [-0.2, 0) is 38.2 Å². The fraction of sp³-hybridized carbons (Fsp3) is 0.808. The quantitative estimate of drug-likeness (QED) is 0.129. The molecule has 0 aromatic rings. The summed E-state index contributed by atoms with van der Waals surface area (Å²) in [6.07, 6.45) is 6.27. The fourth-order valence-electron chi connectivity index (χ4n) is 4.33. The van der Waals surface area contributed by atoms with E-state index in [4.69, 9.17) is 14.2 Å². The van der Waals surface area contributed by atoms with Crippen LogP contribution in [0.3, 0.4) is 0 Å². The highest BCUT2D eigenvalue weighted by atomic mass is 16.6. The van der Waals surface area contributed by atoms with Crippen molar-refractivity contribution >= 4 is 29.6 Å². The van der Waals surface area contributed by atoms with Gasteiger partial charge in [0.15, 0.2) is 0 Å². The molecule has 0 aromatic carbocycles. The van der Waals surface area contributed by atoms with Gasteiger partial charge in [0.05, 0.1) is 5.41 Å². The molecule has 9 heteroatoms. The van der Waals surface area contributed by atoms with Crippen LogP contribution in [0.25, 0.3) is 0 Å². The van der Waals surface area contributed by atoms with Gasteiger partial charge in [0.25, 0.3) is 0 Å². The van der Waals surface area contributed by atoms with E-state index in [2.05, 4.69) is 6.92 Å². The number of esters is 3. The van der Waals surface area contributed by atoms with Gasteiger partial charge in [-0.05, 0) is 72.1 Å². The van der Waals surface area contributed by atoms with Crippen molar-refractivity contribution in [3.63, 3.8) is 0 Å². The van der Waals surface area contributed by atoms with Gasteiger partial charge in [-0.3, -0.25) is 24.0 Å². The van der Waals surface area contributed by atoms with Gasteiger partial charge in [-0.15, -0.1) is 0 Å². The molecule has 1 heterocycles. The Morgan fingerprint density at radius 1 is 1.00 bits per heavy atom. The van der Waals surface area contributed by atoms with Gasteiger partial charge in [0.1, 0.15) is 31.5 Å². The van der Waals surface area contributed by atoms with Gasteiger partial charge in [-0.25, -0.2) is 0 Å². The Hall–Kier alpha value is -2.45. The molecule has 0 bridgehead atoms. The van der Waals surface area contributed by atoms with Gasteiger partial charge in [0.2, 0.25) is 5.91 Å². The van der Waals surface area contributed by atoms with Gasteiger partial charge < -0.3 is 19.1 Å². The molecule has 0 spiro atoms. The first-order chi connectivity index (χ1) is 16.5. The Kier molecular flexibility index (Phi) is 13.6. The van der Waals surface area contributed by atoms with E-state index < -0.39 is 17.4 Å². The maximum Gasteiger partial charge on any atom is 0.313 e. The van der Waals surface area contributed by atoms with Gasteiger partial charge in [0, 0.05) is 25.9 Å². The van der Waals surface area contributed by atoms with Crippen molar-refractivity contribution < 1.29 is 38.2 Å². The van der Waals surface area contributed by atoms with E-state index in [1.165, 1.54) is 13.8 Å². The van der Waals surface area contributed by atoms with Crippen LogP contribution in [0.15, 0.2) is 0 Å². The summed E-state index contributed by atoms with van der Waals surface area (Å²) in [5, 5.41) is 0. The fourth-order valence-corrected chi connectivity index (χ4v) is 4.33. The zero-order valence-corrected chi connectivity index (χ0v) is 22.1. The Morgan fingerprint density at radius 3 is 2.23 bits per heavy atom. The number of rotatable bonds is 17. The number of ketones is 1. The first-order valence-corrected chi connectivity index (χ1v) is 12.7. The monoisotopic (exact) mass is 497 g/mol. The van der Waals surface area contributed by atoms with E-state index in [0.29, 0.717) is 32.1 Å². The molecule has 1 aliphatic rings. The van der Waals surface area contributed by atoms with Crippen LogP contribution >= 0.6 is 0 Å². The van der Waals surface area contributed by atoms with E-state index >= 15 is 0 Å². The van der Waals surface area contributed by atoms with E-state index in [0.717, 1.165) is 32.2 Å². The zero-order valence-electron chi connectivity index (χ0n) is 22.1. The van der Waals surface area contributed by atoms with Crippen molar-refractivity contribution in [1.82, 2.24) is 4.90 Å². The SMILES string of the molecule is CCC(CCCC(CCCC(C)(C)C(=O)OCCOC(=O)CC(C)=O)OC(C)=O)N1CCCC1=O. The second kappa shape index (κ2) is 15.5. The van der Waals surface area contributed by atoms with Crippen LogP contribution in [0.5, 0.6) is 0 Å². The minimum absolute atomic E-state index is 0.0693. The first kappa shape index (κ1) is 30.6. The summed E-state index contributed by atoms with van der Waals surface area (Å²) in [6, 6.07) is 0.235. The molecule has 1 rings (SSSR count). The minimum Gasteiger partial charge on any atom is -0.463 e. The van der Waals surface area contributed by atoms with Crippen molar-refractivity contribution in [2.24, 2.45) is 5.41 Å². The standard InChI is InChI=1S/C26H43NO8/c1-6-21(27-15-9-13-23(27)30)10-7-11-22(35-20(3)29)12-8-14-26(4,5)25(32)34-17-16-33-24(31)18-19(2)28/h21-22H,6-18H2,1-5H3. The molecule has 1 amide bonds. The number of likely N-dealkylation sites (tertiary alicyclic amines) is 1. The predicted octanol–water partition coefficient (Wildman–Crippen LogP) is 3.75. The van der Waals surface area contributed by atoms with Gasteiger partial charge in [-0.1, -0.05) is 6.92 Å². The molecule has 35 heavy (non-hydrogen) atoms. The first-order valence-electron chi connectivity index (χ1n) is 12.7. The number of hydrogen-bond donors (Lipinski definition) is 0. The highest BCUT2D eigenvalue weighted by Crippen LogP contribution is 2.27. The average Bonchev–Trinajstić information content (AvgIpc) is 3.18. The maximum atomic E-state index is 12.4. The molecular formula is C26H43NO8. The summed E-state index contributed by atoms with van der Waals surface area (Å²) in [4.78, 5) is 60.3. The molecule has 0 radical (unpaired) electrons. The second-order valence-corrected chi connectivity index (χ2v) is 9.93. The van der Waals surface area contributed by atoms with E-state index in [1.54, 1.807) is 13.8 Å². The van der Waals surface area contributed by atoms with Crippen LogP contribution < -0.4 is 0 Å². The van der Waals surface area contributed by atoms with Gasteiger partial charge in [-0.2, -0.15) is 0 Å². The smallest absolute Gasteiger partial charge is 0.313 e. The normalized spacial score (nSPS) is 15.5. The number of ether oxygens (including phenoxy) is 3. The lowest BCUT2D eigenvalue weighted by molar-refractivity contribution is -0.160. The summed E-state index contributed by atoms with van der Waals surface area (Å²) in [7, 11) is 0. The van der Waals surface area contributed by atoms with Crippen molar-refractivity contribution in [3.8, 4) is 0 Å². The third kappa shape index (κ3) is 12.2. The summed E-state index contributed by atoms with van der Waals surface area (Å²) in [5.41, 5.74) is -0.742. The Morgan fingerprint density at radius 2 is 1.66 bits per heavy atom. The topological polar surface area (TPSA) is 116 Å².